The number of nitrogens with zero attached hydrogens (tertiary/aromatic N) is 2. The molecule has 0 radical (unpaired) electrons. The average molecular weight is 513 g/mol. The zero-order valence-corrected chi connectivity index (χ0v) is 22.6. The van der Waals surface area contributed by atoms with Gasteiger partial charge < -0.3 is 24.1 Å². The van der Waals surface area contributed by atoms with Crippen LogP contribution in [-0.4, -0.2) is 40.6 Å². The molecule has 1 aromatic heterocycles. The van der Waals surface area contributed by atoms with Gasteiger partial charge in [0.25, 0.3) is 5.22 Å². The van der Waals surface area contributed by atoms with E-state index in [4.69, 9.17) is 13.9 Å². The van der Waals surface area contributed by atoms with Crippen LogP contribution in [0.1, 0.15) is 58.2 Å². The molecule has 1 heterocycles. The fourth-order valence-corrected chi connectivity index (χ4v) is 4.24. The van der Waals surface area contributed by atoms with Gasteiger partial charge in [-0.2, -0.15) is 0 Å². The highest BCUT2D eigenvalue weighted by Gasteiger charge is 2.27. The first-order chi connectivity index (χ1) is 16.7. The first kappa shape index (κ1) is 27.1. The Kier molecular flexibility index (Phi) is 7.73. The summed E-state index contributed by atoms with van der Waals surface area (Å²) in [6.45, 7) is 12.0. The van der Waals surface area contributed by atoms with Gasteiger partial charge in [0.1, 0.15) is 22.2 Å². The van der Waals surface area contributed by atoms with E-state index in [-0.39, 0.29) is 32.6 Å². The molecule has 0 amide bonds. The molecule has 0 saturated carbocycles. The standard InChI is InChI=1S/C27H32N2O6S/c1-26(2,3)19-9-15(10-20(22(19)30)27(4,5)6)11-21(24(31)32)36-25-29-28-23(35-25)16-12-17(33-7)14-18(13-16)34-8/h9-14,30H,1-8H3,(H,31,32)/b21-11-. The maximum absolute atomic E-state index is 12.1. The lowest BCUT2D eigenvalue weighted by atomic mass is 9.78. The zero-order valence-electron chi connectivity index (χ0n) is 21.8. The molecule has 8 nitrogen and oxygen atoms in total. The maximum atomic E-state index is 12.1. The van der Waals surface area contributed by atoms with Crippen molar-refractivity contribution in [3.63, 3.8) is 0 Å². The molecular formula is C27H32N2O6S. The number of hydrogen-bond acceptors (Lipinski definition) is 8. The summed E-state index contributed by atoms with van der Waals surface area (Å²) in [6, 6.07) is 8.79. The SMILES string of the molecule is COc1cc(OC)cc(-c2nnc(S/C(=C\c3cc(C(C)(C)C)c(O)c(C(C)(C)C)c3)C(=O)O)o2)c1. The van der Waals surface area contributed by atoms with Crippen LogP contribution in [0.4, 0.5) is 0 Å². The molecule has 3 rings (SSSR count). The molecule has 0 unspecified atom stereocenters. The van der Waals surface area contributed by atoms with E-state index in [1.54, 1.807) is 24.3 Å². The zero-order chi connectivity index (χ0) is 26.8. The van der Waals surface area contributed by atoms with Crippen LogP contribution in [0.2, 0.25) is 0 Å². The number of aromatic nitrogens is 2. The number of carbonyl (C=O) groups is 1. The summed E-state index contributed by atoms with van der Waals surface area (Å²) in [7, 11) is 3.08. The molecule has 0 bridgehead atoms. The Morgan fingerprint density at radius 3 is 1.89 bits per heavy atom. The van der Waals surface area contributed by atoms with Crippen molar-refractivity contribution in [3.05, 3.63) is 51.9 Å². The summed E-state index contributed by atoms with van der Waals surface area (Å²) in [5, 5.41) is 29.0. The predicted octanol–water partition coefficient (Wildman–Crippen LogP) is 6.27. The number of carboxylic acids is 1. The molecule has 2 aromatic carbocycles. The smallest absolute Gasteiger partial charge is 0.342 e. The number of aliphatic carboxylic acids is 1. The Hall–Kier alpha value is -3.46. The van der Waals surface area contributed by atoms with Gasteiger partial charge in [-0.3, -0.25) is 0 Å². The van der Waals surface area contributed by atoms with Crippen LogP contribution in [0.5, 0.6) is 17.2 Å². The van der Waals surface area contributed by atoms with Crippen LogP contribution in [0, 0.1) is 0 Å². The van der Waals surface area contributed by atoms with Gasteiger partial charge in [-0.15, -0.1) is 10.2 Å². The Bertz CT molecular complexity index is 1240. The lowest BCUT2D eigenvalue weighted by molar-refractivity contribution is -0.131. The lowest BCUT2D eigenvalue weighted by Crippen LogP contribution is -2.17. The van der Waals surface area contributed by atoms with Crippen LogP contribution in [0.15, 0.2) is 44.9 Å². The van der Waals surface area contributed by atoms with Crippen molar-refractivity contribution in [2.24, 2.45) is 0 Å². The van der Waals surface area contributed by atoms with Gasteiger partial charge in [0.15, 0.2) is 0 Å². The van der Waals surface area contributed by atoms with Gasteiger partial charge in [-0.05, 0) is 58.5 Å². The molecule has 0 fully saturated rings. The van der Waals surface area contributed by atoms with E-state index in [0.29, 0.717) is 22.6 Å². The second kappa shape index (κ2) is 10.3. The van der Waals surface area contributed by atoms with E-state index in [1.165, 1.54) is 14.2 Å². The van der Waals surface area contributed by atoms with Crippen molar-refractivity contribution in [2.45, 2.75) is 57.6 Å². The van der Waals surface area contributed by atoms with Crippen molar-refractivity contribution in [1.82, 2.24) is 10.2 Å². The molecule has 192 valence electrons. The fraction of sp³-hybridized carbons (Fsp3) is 0.370. The quantitative estimate of drug-likeness (QED) is 0.279. The monoisotopic (exact) mass is 512 g/mol. The Labute approximate surface area is 215 Å². The molecular weight excluding hydrogens is 480 g/mol. The molecule has 0 aliphatic carbocycles. The lowest BCUT2D eigenvalue weighted by Gasteiger charge is -2.28. The first-order valence-corrected chi connectivity index (χ1v) is 12.1. The minimum absolute atomic E-state index is 0.00108. The Balaban J connectivity index is 2.02. The third-order valence-corrected chi connectivity index (χ3v) is 6.31. The molecule has 0 aliphatic rings. The van der Waals surface area contributed by atoms with Crippen molar-refractivity contribution < 1.29 is 28.9 Å². The largest absolute Gasteiger partial charge is 0.507 e. The maximum Gasteiger partial charge on any atom is 0.342 e. The third-order valence-electron chi connectivity index (χ3n) is 5.46. The number of methoxy groups -OCH3 is 2. The third kappa shape index (κ3) is 6.20. The summed E-state index contributed by atoms with van der Waals surface area (Å²) in [4.78, 5) is 12.1. The molecule has 3 aromatic rings. The minimum Gasteiger partial charge on any atom is -0.507 e. The van der Waals surface area contributed by atoms with Crippen molar-refractivity contribution >= 4 is 23.8 Å². The number of ether oxygens (including phenoxy) is 2. The van der Waals surface area contributed by atoms with Gasteiger partial charge in [0.05, 0.1) is 14.2 Å². The van der Waals surface area contributed by atoms with Gasteiger partial charge in [0.2, 0.25) is 5.89 Å². The normalized spacial score (nSPS) is 12.5. The first-order valence-electron chi connectivity index (χ1n) is 11.3. The molecule has 0 saturated heterocycles. The fourth-order valence-electron chi connectivity index (χ4n) is 3.56. The summed E-state index contributed by atoms with van der Waals surface area (Å²) in [6.07, 6.45) is 1.55. The van der Waals surface area contributed by atoms with Gasteiger partial charge >= 0.3 is 5.97 Å². The summed E-state index contributed by atoms with van der Waals surface area (Å²) in [5.74, 6) is 0.408. The summed E-state index contributed by atoms with van der Waals surface area (Å²) >= 11 is 0.854. The van der Waals surface area contributed by atoms with Gasteiger partial charge in [0, 0.05) is 22.8 Å². The van der Waals surface area contributed by atoms with Crippen LogP contribution < -0.4 is 9.47 Å². The van der Waals surface area contributed by atoms with E-state index < -0.39 is 5.97 Å². The molecule has 0 atom stereocenters. The number of benzene rings is 2. The van der Waals surface area contributed by atoms with E-state index in [1.807, 2.05) is 53.7 Å². The van der Waals surface area contributed by atoms with E-state index >= 15 is 0 Å². The second-order valence-corrected chi connectivity index (χ2v) is 11.3. The van der Waals surface area contributed by atoms with E-state index in [0.717, 1.165) is 22.9 Å². The number of phenols is 1. The van der Waals surface area contributed by atoms with Crippen LogP contribution in [0.25, 0.3) is 17.5 Å². The number of carboxylic acid groups (broad SMARTS) is 1. The molecule has 36 heavy (non-hydrogen) atoms. The number of aromatic hydroxyl groups is 1. The Morgan fingerprint density at radius 2 is 1.44 bits per heavy atom. The minimum atomic E-state index is -1.13. The number of thioether (sulfide) groups is 1. The molecule has 0 spiro atoms. The average Bonchev–Trinajstić information content (AvgIpc) is 3.26. The topological polar surface area (TPSA) is 115 Å². The highest BCUT2D eigenvalue weighted by molar-refractivity contribution is 8.03. The van der Waals surface area contributed by atoms with Crippen LogP contribution in [0.3, 0.4) is 0 Å². The number of hydrogen-bond donors (Lipinski definition) is 2. The van der Waals surface area contributed by atoms with Gasteiger partial charge in [-0.25, -0.2) is 4.79 Å². The molecule has 0 aliphatic heterocycles. The van der Waals surface area contributed by atoms with Crippen LogP contribution in [-0.2, 0) is 15.6 Å². The van der Waals surface area contributed by atoms with E-state index in [2.05, 4.69) is 10.2 Å². The summed E-state index contributed by atoms with van der Waals surface area (Å²) < 4.78 is 16.3. The second-order valence-electron chi connectivity index (χ2n) is 10.4. The predicted molar refractivity (Wildman–Crippen MR) is 140 cm³/mol. The van der Waals surface area contributed by atoms with Crippen LogP contribution >= 0.6 is 11.8 Å². The highest BCUT2D eigenvalue weighted by atomic mass is 32.2. The Morgan fingerprint density at radius 1 is 0.917 bits per heavy atom. The molecule has 9 heteroatoms. The van der Waals surface area contributed by atoms with Gasteiger partial charge in [-0.1, -0.05) is 41.5 Å². The number of phenolic OH excluding ortho intramolecular Hbond substituents is 1. The van der Waals surface area contributed by atoms with Crippen molar-refractivity contribution in [3.8, 4) is 28.7 Å². The van der Waals surface area contributed by atoms with Crippen molar-refractivity contribution in [2.75, 3.05) is 14.2 Å². The van der Waals surface area contributed by atoms with E-state index in [9.17, 15) is 15.0 Å². The number of rotatable bonds is 7. The van der Waals surface area contributed by atoms with Crippen molar-refractivity contribution in [1.29, 1.82) is 0 Å². The highest BCUT2D eigenvalue weighted by Crippen LogP contribution is 2.41. The summed E-state index contributed by atoms with van der Waals surface area (Å²) in [5.41, 5.74) is 2.03. The molecule has 2 N–H and O–H groups in total.